The first-order valence-electron chi connectivity index (χ1n) is 5.22. The fourth-order valence-corrected chi connectivity index (χ4v) is 1.75. The normalized spacial score (nSPS) is 24.4. The van der Waals surface area contributed by atoms with Crippen LogP contribution < -0.4 is 10.6 Å². The summed E-state index contributed by atoms with van der Waals surface area (Å²) in [6, 6.07) is 2.77. The monoisotopic (exact) mass is 191 g/mol. The van der Waals surface area contributed by atoms with E-state index in [0.717, 1.165) is 17.3 Å². The summed E-state index contributed by atoms with van der Waals surface area (Å²) in [5, 5.41) is 6.57. The summed E-state index contributed by atoms with van der Waals surface area (Å²) in [5.41, 5.74) is 2.18. The van der Waals surface area contributed by atoms with Crippen molar-refractivity contribution in [3.05, 3.63) is 18.5 Å². The van der Waals surface area contributed by atoms with E-state index in [1.807, 2.05) is 19.4 Å². The van der Waals surface area contributed by atoms with Gasteiger partial charge >= 0.3 is 0 Å². The van der Waals surface area contributed by atoms with Crippen LogP contribution in [0.15, 0.2) is 18.5 Å². The second kappa shape index (κ2) is 3.86. The first kappa shape index (κ1) is 9.31. The van der Waals surface area contributed by atoms with Gasteiger partial charge < -0.3 is 10.6 Å². The molecule has 0 radical (unpaired) electrons. The number of anilines is 2. The van der Waals surface area contributed by atoms with E-state index >= 15 is 0 Å². The first-order chi connectivity index (χ1) is 6.83. The van der Waals surface area contributed by atoms with E-state index in [1.54, 1.807) is 0 Å². The van der Waals surface area contributed by atoms with Crippen LogP contribution in [0.2, 0.25) is 0 Å². The third-order valence-electron chi connectivity index (χ3n) is 2.83. The van der Waals surface area contributed by atoms with Gasteiger partial charge in [-0.25, -0.2) is 0 Å². The molecule has 0 aliphatic heterocycles. The fourth-order valence-electron chi connectivity index (χ4n) is 1.75. The quantitative estimate of drug-likeness (QED) is 0.767. The van der Waals surface area contributed by atoms with Crippen LogP contribution in [0.4, 0.5) is 11.4 Å². The molecule has 14 heavy (non-hydrogen) atoms. The molecule has 3 nitrogen and oxygen atoms in total. The molecule has 1 fully saturated rings. The van der Waals surface area contributed by atoms with Crippen molar-refractivity contribution in [2.24, 2.45) is 5.92 Å². The Morgan fingerprint density at radius 3 is 2.86 bits per heavy atom. The third-order valence-corrected chi connectivity index (χ3v) is 2.83. The number of hydrogen-bond donors (Lipinski definition) is 2. The van der Waals surface area contributed by atoms with Crippen LogP contribution in [0.3, 0.4) is 0 Å². The zero-order valence-corrected chi connectivity index (χ0v) is 8.75. The average Bonchev–Trinajstić information content (AvgIpc) is 2.97. The Morgan fingerprint density at radius 1 is 1.43 bits per heavy atom. The topological polar surface area (TPSA) is 37.0 Å². The smallest absolute Gasteiger partial charge is 0.0549 e. The summed E-state index contributed by atoms with van der Waals surface area (Å²) < 4.78 is 0. The number of hydrogen-bond acceptors (Lipinski definition) is 3. The van der Waals surface area contributed by atoms with E-state index in [1.165, 1.54) is 12.8 Å². The Morgan fingerprint density at radius 2 is 2.21 bits per heavy atom. The zero-order valence-electron chi connectivity index (χ0n) is 8.75. The minimum absolute atomic E-state index is 0.675. The molecule has 1 aliphatic carbocycles. The highest BCUT2D eigenvalue weighted by atomic mass is 15.0. The van der Waals surface area contributed by atoms with E-state index in [0.29, 0.717) is 6.04 Å². The molecule has 3 heteroatoms. The van der Waals surface area contributed by atoms with Gasteiger partial charge in [0.05, 0.1) is 23.8 Å². The van der Waals surface area contributed by atoms with Gasteiger partial charge in [-0.05, 0) is 18.4 Å². The van der Waals surface area contributed by atoms with Crippen molar-refractivity contribution in [2.45, 2.75) is 25.8 Å². The number of pyridine rings is 1. The molecule has 0 saturated heterocycles. The van der Waals surface area contributed by atoms with Crippen molar-refractivity contribution in [3.8, 4) is 0 Å². The van der Waals surface area contributed by atoms with Gasteiger partial charge in [-0.2, -0.15) is 0 Å². The van der Waals surface area contributed by atoms with Crippen LogP contribution >= 0.6 is 0 Å². The van der Waals surface area contributed by atoms with Crippen LogP contribution in [-0.4, -0.2) is 18.1 Å². The minimum atomic E-state index is 0.675. The molecule has 0 amide bonds. The molecule has 1 heterocycles. The third kappa shape index (κ3) is 1.97. The van der Waals surface area contributed by atoms with Crippen LogP contribution in [0.5, 0.6) is 0 Å². The Kier molecular flexibility index (Phi) is 2.57. The summed E-state index contributed by atoms with van der Waals surface area (Å²) in [6.07, 6.45) is 6.29. The van der Waals surface area contributed by atoms with Crippen LogP contribution in [0.25, 0.3) is 0 Å². The van der Waals surface area contributed by atoms with Gasteiger partial charge in [0.15, 0.2) is 0 Å². The Hall–Kier alpha value is -1.25. The number of nitrogens with zero attached hydrogens (tertiary/aromatic N) is 1. The second-order valence-corrected chi connectivity index (χ2v) is 3.87. The average molecular weight is 191 g/mol. The molecule has 1 aromatic heterocycles. The predicted molar refractivity (Wildman–Crippen MR) is 59.6 cm³/mol. The zero-order chi connectivity index (χ0) is 9.97. The van der Waals surface area contributed by atoms with Crippen molar-refractivity contribution in [2.75, 3.05) is 17.7 Å². The fraction of sp³-hybridized carbons (Fsp3) is 0.545. The number of nitrogens with one attached hydrogen (secondary N) is 2. The molecule has 2 unspecified atom stereocenters. The predicted octanol–water partition coefficient (Wildman–Crippen LogP) is 2.33. The lowest BCUT2D eigenvalue weighted by atomic mass is 10.3. The molecule has 0 spiro atoms. The van der Waals surface area contributed by atoms with Crippen molar-refractivity contribution in [1.82, 2.24) is 4.98 Å². The van der Waals surface area contributed by atoms with Gasteiger partial charge in [0.2, 0.25) is 0 Å². The molecule has 2 atom stereocenters. The highest BCUT2D eigenvalue weighted by Gasteiger charge is 2.34. The minimum Gasteiger partial charge on any atom is -0.387 e. The largest absolute Gasteiger partial charge is 0.387 e. The van der Waals surface area contributed by atoms with E-state index in [-0.39, 0.29) is 0 Å². The first-order valence-corrected chi connectivity index (χ1v) is 5.22. The lowest BCUT2D eigenvalue weighted by molar-refractivity contribution is 0.774. The Labute approximate surface area is 84.9 Å². The van der Waals surface area contributed by atoms with Gasteiger partial charge in [0.25, 0.3) is 0 Å². The summed E-state index contributed by atoms with van der Waals surface area (Å²) in [4.78, 5) is 4.16. The van der Waals surface area contributed by atoms with Crippen molar-refractivity contribution >= 4 is 11.4 Å². The number of rotatable bonds is 4. The van der Waals surface area contributed by atoms with E-state index in [4.69, 9.17) is 0 Å². The molecule has 2 rings (SSSR count). The summed E-state index contributed by atoms with van der Waals surface area (Å²) in [5.74, 6) is 0.869. The van der Waals surface area contributed by atoms with Gasteiger partial charge in [0.1, 0.15) is 0 Å². The molecular weight excluding hydrogens is 174 g/mol. The van der Waals surface area contributed by atoms with E-state index in [2.05, 4.69) is 28.6 Å². The molecule has 0 aromatic carbocycles. The van der Waals surface area contributed by atoms with Crippen molar-refractivity contribution < 1.29 is 0 Å². The number of aromatic nitrogens is 1. The molecule has 76 valence electrons. The Balaban J connectivity index is 1.96. The van der Waals surface area contributed by atoms with Crippen molar-refractivity contribution in [1.29, 1.82) is 0 Å². The standard InChI is InChI=1S/C11H17N3/c1-3-8-4-11(8)14-10-5-9(12-2)6-13-7-10/h5-8,11-12,14H,3-4H2,1-2H3. The van der Waals surface area contributed by atoms with Crippen LogP contribution in [0.1, 0.15) is 19.8 Å². The lowest BCUT2D eigenvalue weighted by Crippen LogP contribution is -2.04. The van der Waals surface area contributed by atoms with Gasteiger partial charge in [-0.1, -0.05) is 13.3 Å². The molecule has 1 aliphatic rings. The highest BCUT2D eigenvalue weighted by Crippen LogP contribution is 2.36. The summed E-state index contributed by atoms with van der Waals surface area (Å²) in [6.45, 7) is 2.24. The maximum atomic E-state index is 4.16. The molecule has 1 saturated carbocycles. The van der Waals surface area contributed by atoms with Gasteiger partial charge in [-0.3, -0.25) is 4.98 Å². The lowest BCUT2D eigenvalue weighted by Gasteiger charge is -2.06. The SMILES string of the molecule is CCC1CC1Nc1cncc(NC)c1. The maximum absolute atomic E-state index is 4.16. The van der Waals surface area contributed by atoms with E-state index in [9.17, 15) is 0 Å². The summed E-state index contributed by atoms with van der Waals surface area (Å²) in [7, 11) is 1.91. The maximum Gasteiger partial charge on any atom is 0.0549 e. The summed E-state index contributed by atoms with van der Waals surface area (Å²) >= 11 is 0. The molecular formula is C11H17N3. The van der Waals surface area contributed by atoms with Crippen LogP contribution in [0, 0.1) is 5.92 Å². The van der Waals surface area contributed by atoms with Gasteiger partial charge in [0, 0.05) is 13.1 Å². The Bertz CT molecular complexity index is 311. The van der Waals surface area contributed by atoms with Gasteiger partial charge in [-0.15, -0.1) is 0 Å². The second-order valence-electron chi connectivity index (χ2n) is 3.87. The van der Waals surface area contributed by atoms with Crippen LogP contribution in [-0.2, 0) is 0 Å². The highest BCUT2D eigenvalue weighted by molar-refractivity contribution is 5.54. The molecule has 2 N–H and O–H groups in total. The van der Waals surface area contributed by atoms with Crippen molar-refractivity contribution in [3.63, 3.8) is 0 Å². The molecule has 0 bridgehead atoms. The van der Waals surface area contributed by atoms with E-state index < -0.39 is 0 Å². The molecule has 1 aromatic rings.